The van der Waals surface area contributed by atoms with E-state index >= 15 is 0 Å². The van der Waals surface area contributed by atoms with Gasteiger partial charge in [0.25, 0.3) is 0 Å². The molecule has 4 heteroatoms. The molecule has 0 radical (unpaired) electrons. The zero-order valence-electron chi connectivity index (χ0n) is 8.62. The summed E-state index contributed by atoms with van der Waals surface area (Å²) in [6, 6.07) is 5.46. The standard InChI is InChI=1S/C10H16N2O2/c1-3-11-7-8-14-10-6-4-5-9(12-10)13-2/h4-6,11H,3,7-8H2,1-2H3. The summed E-state index contributed by atoms with van der Waals surface area (Å²) in [6.07, 6.45) is 0. The van der Waals surface area contributed by atoms with E-state index in [4.69, 9.17) is 9.47 Å². The van der Waals surface area contributed by atoms with Gasteiger partial charge in [0.1, 0.15) is 6.61 Å². The number of nitrogens with one attached hydrogen (secondary N) is 1. The first-order valence-corrected chi connectivity index (χ1v) is 4.71. The van der Waals surface area contributed by atoms with E-state index in [9.17, 15) is 0 Å². The number of aromatic nitrogens is 1. The summed E-state index contributed by atoms with van der Waals surface area (Å²) in [7, 11) is 1.59. The van der Waals surface area contributed by atoms with E-state index in [0.717, 1.165) is 13.1 Å². The molecule has 1 rings (SSSR count). The lowest BCUT2D eigenvalue weighted by Crippen LogP contribution is -2.20. The molecule has 0 aliphatic carbocycles. The van der Waals surface area contributed by atoms with Crippen molar-refractivity contribution in [3.05, 3.63) is 18.2 Å². The Bertz CT molecular complexity index is 266. The Kier molecular flexibility index (Phi) is 4.78. The van der Waals surface area contributed by atoms with Gasteiger partial charge in [-0.05, 0) is 6.54 Å². The fourth-order valence-electron chi connectivity index (χ4n) is 0.995. The van der Waals surface area contributed by atoms with Crippen LogP contribution in [0.1, 0.15) is 6.92 Å². The molecule has 1 aromatic rings. The second kappa shape index (κ2) is 6.21. The lowest BCUT2D eigenvalue weighted by Gasteiger charge is -2.06. The van der Waals surface area contributed by atoms with Crippen molar-refractivity contribution in [2.24, 2.45) is 0 Å². The molecule has 4 nitrogen and oxygen atoms in total. The van der Waals surface area contributed by atoms with Gasteiger partial charge < -0.3 is 14.8 Å². The molecule has 1 N–H and O–H groups in total. The van der Waals surface area contributed by atoms with Crippen LogP contribution in [0, 0.1) is 0 Å². The number of methoxy groups -OCH3 is 1. The minimum Gasteiger partial charge on any atom is -0.481 e. The van der Waals surface area contributed by atoms with Crippen molar-refractivity contribution in [3.8, 4) is 11.8 Å². The number of nitrogens with zero attached hydrogens (tertiary/aromatic N) is 1. The van der Waals surface area contributed by atoms with Gasteiger partial charge in [0.15, 0.2) is 0 Å². The molecule has 0 unspecified atom stereocenters. The molecule has 0 aromatic carbocycles. The minimum atomic E-state index is 0.575. The summed E-state index contributed by atoms with van der Waals surface area (Å²) >= 11 is 0. The van der Waals surface area contributed by atoms with Gasteiger partial charge in [-0.3, -0.25) is 0 Å². The first kappa shape index (κ1) is 10.8. The molecule has 0 aliphatic rings. The first-order chi connectivity index (χ1) is 6.86. The number of hydrogen-bond donors (Lipinski definition) is 1. The van der Waals surface area contributed by atoms with E-state index in [1.807, 2.05) is 12.1 Å². The van der Waals surface area contributed by atoms with Crippen molar-refractivity contribution in [1.82, 2.24) is 10.3 Å². The second-order valence-corrected chi connectivity index (χ2v) is 2.72. The molecule has 1 aromatic heterocycles. The van der Waals surface area contributed by atoms with Crippen LogP contribution in [0.15, 0.2) is 18.2 Å². The summed E-state index contributed by atoms with van der Waals surface area (Å²) in [5, 5.41) is 3.16. The number of hydrogen-bond acceptors (Lipinski definition) is 4. The van der Waals surface area contributed by atoms with Gasteiger partial charge in [-0.15, -0.1) is 0 Å². The Balaban J connectivity index is 2.34. The van der Waals surface area contributed by atoms with Crippen LogP contribution in [-0.2, 0) is 0 Å². The van der Waals surface area contributed by atoms with E-state index in [1.165, 1.54) is 0 Å². The Morgan fingerprint density at radius 1 is 1.36 bits per heavy atom. The predicted octanol–water partition coefficient (Wildman–Crippen LogP) is 1.08. The fraction of sp³-hybridized carbons (Fsp3) is 0.500. The minimum absolute atomic E-state index is 0.575. The maximum Gasteiger partial charge on any atom is 0.216 e. The van der Waals surface area contributed by atoms with Crippen LogP contribution in [0.4, 0.5) is 0 Å². The third-order valence-electron chi connectivity index (χ3n) is 1.69. The van der Waals surface area contributed by atoms with Crippen molar-refractivity contribution >= 4 is 0 Å². The molecule has 0 spiro atoms. The van der Waals surface area contributed by atoms with E-state index in [0.29, 0.717) is 18.4 Å². The highest BCUT2D eigenvalue weighted by Crippen LogP contribution is 2.12. The number of ether oxygens (including phenoxy) is 2. The molecular weight excluding hydrogens is 180 g/mol. The molecular formula is C10H16N2O2. The molecule has 0 saturated heterocycles. The van der Waals surface area contributed by atoms with Crippen molar-refractivity contribution in [2.75, 3.05) is 26.8 Å². The maximum atomic E-state index is 5.40. The molecule has 0 atom stereocenters. The topological polar surface area (TPSA) is 43.4 Å². The predicted molar refractivity (Wildman–Crippen MR) is 54.8 cm³/mol. The quantitative estimate of drug-likeness (QED) is 0.691. The summed E-state index contributed by atoms with van der Waals surface area (Å²) in [6.45, 7) is 4.46. The van der Waals surface area contributed by atoms with Crippen molar-refractivity contribution in [1.29, 1.82) is 0 Å². The maximum absolute atomic E-state index is 5.40. The monoisotopic (exact) mass is 196 g/mol. The third kappa shape index (κ3) is 3.62. The van der Waals surface area contributed by atoms with Crippen LogP contribution in [0.25, 0.3) is 0 Å². The highest BCUT2D eigenvalue weighted by atomic mass is 16.5. The lowest BCUT2D eigenvalue weighted by atomic mass is 10.5. The Hall–Kier alpha value is -1.29. The average molecular weight is 196 g/mol. The first-order valence-electron chi connectivity index (χ1n) is 4.71. The van der Waals surface area contributed by atoms with Gasteiger partial charge >= 0.3 is 0 Å². The number of likely N-dealkylation sites (N-methyl/N-ethyl adjacent to an activating group) is 1. The van der Waals surface area contributed by atoms with Crippen molar-refractivity contribution in [3.63, 3.8) is 0 Å². The van der Waals surface area contributed by atoms with Gasteiger partial charge in [-0.25, -0.2) is 0 Å². The van der Waals surface area contributed by atoms with Gasteiger partial charge in [0, 0.05) is 18.7 Å². The Morgan fingerprint density at radius 2 is 2.14 bits per heavy atom. The molecule has 0 aliphatic heterocycles. The van der Waals surface area contributed by atoms with Crippen LogP contribution < -0.4 is 14.8 Å². The SMILES string of the molecule is CCNCCOc1cccc(OC)n1. The Morgan fingerprint density at radius 3 is 2.86 bits per heavy atom. The molecule has 0 fully saturated rings. The molecule has 14 heavy (non-hydrogen) atoms. The van der Waals surface area contributed by atoms with Crippen molar-refractivity contribution in [2.45, 2.75) is 6.92 Å². The zero-order valence-corrected chi connectivity index (χ0v) is 8.62. The van der Waals surface area contributed by atoms with E-state index < -0.39 is 0 Å². The second-order valence-electron chi connectivity index (χ2n) is 2.72. The lowest BCUT2D eigenvalue weighted by molar-refractivity contribution is 0.296. The molecule has 0 amide bonds. The summed E-state index contributed by atoms with van der Waals surface area (Å²) < 4.78 is 10.4. The van der Waals surface area contributed by atoms with E-state index in [2.05, 4.69) is 17.2 Å². The molecule has 0 bridgehead atoms. The van der Waals surface area contributed by atoms with Gasteiger partial charge in [-0.2, -0.15) is 4.98 Å². The highest BCUT2D eigenvalue weighted by Gasteiger charge is 1.96. The van der Waals surface area contributed by atoms with Crippen molar-refractivity contribution < 1.29 is 9.47 Å². The molecule has 0 saturated carbocycles. The van der Waals surface area contributed by atoms with Gasteiger partial charge in [0.2, 0.25) is 11.8 Å². The summed E-state index contributed by atoms with van der Waals surface area (Å²) in [5.74, 6) is 1.17. The Labute approximate surface area is 84.3 Å². The van der Waals surface area contributed by atoms with Gasteiger partial charge in [0.05, 0.1) is 7.11 Å². The fourth-order valence-corrected chi connectivity index (χ4v) is 0.995. The number of rotatable bonds is 6. The van der Waals surface area contributed by atoms with Crippen LogP contribution in [-0.4, -0.2) is 31.8 Å². The van der Waals surface area contributed by atoms with Crippen LogP contribution >= 0.6 is 0 Å². The molecule has 78 valence electrons. The van der Waals surface area contributed by atoms with E-state index in [-0.39, 0.29) is 0 Å². The normalized spacial score (nSPS) is 9.86. The summed E-state index contributed by atoms with van der Waals surface area (Å²) in [5.41, 5.74) is 0. The van der Waals surface area contributed by atoms with Crippen LogP contribution in [0.2, 0.25) is 0 Å². The molecule has 1 heterocycles. The summed E-state index contributed by atoms with van der Waals surface area (Å²) in [4.78, 5) is 4.12. The zero-order chi connectivity index (χ0) is 10.2. The number of pyridine rings is 1. The average Bonchev–Trinajstić information content (AvgIpc) is 2.25. The highest BCUT2D eigenvalue weighted by molar-refractivity contribution is 5.19. The van der Waals surface area contributed by atoms with Gasteiger partial charge in [-0.1, -0.05) is 13.0 Å². The third-order valence-corrected chi connectivity index (χ3v) is 1.69. The van der Waals surface area contributed by atoms with Crippen LogP contribution in [0.5, 0.6) is 11.8 Å². The van der Waals surface area contributed by atoms with Crippen LogP contribution in [0.3, 0.4) is 0 Å². The van der Waals surface area contributed by atoms with E-state index in [1.54, 1.807) is 13.2 Å². The smallest absolute Gasteiger partial charge is 0.216 e. The largest absolute Gasteiger partial charge is 0.481 e.